The highest BCUT2D eigenvalue weighted by Gasteiger charge is 2.09. The van der Waals surface area contributed by atoms with E-state index >= 15 is 0 Å². The van der Waals surface area contributed by atoms with E-state index in [0.717, 1.165) is 31.4 Å². The van der Waals surface area contributed by atoms with Crippen LogP contribution in [-0.4, -0.2) is 22.1 Å². The molecular weight excluding hydrogens is 234 g/mol. The number of fused-ring (bicyclic) bond motifs is 1. The van der Waals surface area contributed by atoms with Crippen molar-refractivity contribution in [2.24, 2.45) is 0 Å². The molecule has 0 spiro atoms. The third-order valence-corrected chi connectivity index (χ3v) is 3.52. The molecule has 0 saturated heterocycles. The van der Waals surface area contributed by atoms with E-state index in [1.165, 1.54) is 16.9 Å². The average Bonchev–Trinajstić information content (AvgIpc) is 2.74. The van der Waals surface area contributed by atoms with Gasteiger partial charge in [0.05, 0.1) is 11.0 Å². The second-order valence-electron chi connectivity index (χ2n) is 5.31. The number of imidazole rings is 1. The quantitative estimate of drug-likeness (QED) is 0.863. The molecule has 0 aliphatic heterocycles. The predicted molar refractivity (Wildman–Crippen MR) is 81.6 cm³/mol. The second-order valence-corrected chi connectivity index (χ2v) is 5.31. The minimum absolute atomic E-state index is 0.533. The van der Waals surface area contributed by atoms with Gasteiger partial charge in [-0.1, -0.05) is 26.8 Å². The Bertz CT molecular complexity index is 540. The van der Waals surface area contributed by atoms with E-state index in [4.69, 9.17) is 4.98 Å². The molecule has 0 unspecified atom stereocenters. The molecule has 2 aromatic rings. The lowest BCUT2D eigenvalue weighted by molar-refractivity contribution is 0.573. The van der Waals surface area contributed by atoms with E-state index in [0.29, 0.717) is 6.04 Å². The van der Waals surface area contributed by atoms with Crippen LogP contribution in [0.2, 0.25) is 0 Å². The van der Waals surface area contributed by atoms with Gasteiger partial charge in [0.1, 0.15) is 5.82 Å². The summed E-state index contributed by atoms with van der Waals surface area (Å²) in [5.41, 5.74) is 3.76. The molecule has 1 N–H and O–H groups in total. The van der Waals surface area contributed by atoms with Crippen molar-refractivity contribution in [3.8, 4) is 0 Å². The largest absolute Gasteiger partial charge is 0.328 e. The molecule has 0 amide bonds. The average molecular weight is 259 g/mol. The molecule has 19 heavy (non-hydrogen) atoms. The Morgan fingerprint density at radius 3 is 2.68 bits per heavy atom. The van der Waals surface area contributed by atoms with Crippen molar-refractivity contribution >= 4 is 11.0 Å². The van der Waals surface area contributed by atoms with Crippen molar-refractivity contribution in [1.82, 2.24) is 14.9 Å². The first-order valence-electron chi connectivity index (χ1n) is 7.37. The Balaban J connectivity index is 2.27. The summed E-state index contributed by atoms with van der Waals surface area (Å²) in [7, 11) is 0. The van der Waals surface area contributed by atoms with Crippen LogP contribution < -0.4 is 5.32 Å². The summed E-state index contributed by atoms with van der Waals surface area (Å²) in [6, 6.07) is 7.18. The van der Waals surface area contributed by atoms with Crippen molar-refractivity contribution in [3.05, 3.63) is 29.6 Å². The van der Waals surface area contributed by atoms with Crippen LogP contribution in [0.4, 0.5) is 0 Å². The second kappa shape index (κ2) is 6.20. The van der Waals surface area contributed by atoms with Gasteiger partial charge in [0.2, 0.25) is 0 Å². The van der Waals surface area contributed by atoms with Gasteiger partial charge in [-0.15, -0.1) is 0 Å². The Hall–Kier alpha value is -1.35. The van der Waals surface area contributed by atoms with Crippen molar-refractivity contribution in [3.63, 3.8) is 0 Å². The van der Waals surface area contributed by atoms with E-state index < -0.39 is 0 Å². The number of nitrogens with zero attached hydrogens (tertiary/aromatic N) is 2. The Labute approximate surface area is 116 Å². The highest BCUT2D eigenvalue weighted by atomic mass is 15.1. The molecule has 1 aromatic heterocycles. The summed E-state index contributed by atoms with van der Waals surface area (Å²) in [6.07, 6.45) is 2.06. The van der Waals surface area contributed by atoms with Crippen LogP contribution in [-0.2, 0) is 19.4 Å². The lowest BCUT2D eigenvalue weighted by Gasteiger charge is -2.09. The molecule has 0 aliphatic rings. The van der Waals surface area contributed by atoms with Crippen molar-refractivity contribution in [1.29, 1.82) is 0 Å². The minimum atomic E-state index is 0.533. The van der Waals surface area contributed by atoms with Gasteiger partial charge in [-0.25, -0.2) is 4.98 Å². The monoisotopic (exact) mass is 259 g/mol. The zero-order valence-corrected chi connectivity index (χ0v) is 12.5. The normalized spacial score (nSPS) is 11.6. The summed E-state index contributed by atoms with van der Waals surface area (Å²) < 4.78 is 2.33. The lowest BCUT2D eigenvalue weighted by Crippen LogP contribution is -2.25. The molecule has 0 fully saturated rings. The summed E-state index contributed by atoms with van der Waals surface area (Å²) in [5, 5.41) is 3.46. The number of aryl methyl sites for hydroxylation is 2. The standard InChI is InChI=1S/C16H25N3/c1-5-13-7-8-15-14(11-13)18-16(19(15)6-2)9-10-17-12(3)4/h7-8,11-12,17H,5-6,9-10H2,1-4H3. The van der Waals surface area contributed by atoms with Gasteiger partial charge in [0.25, 0.3) is 0 Å². The first kappa shape index (κ1) is 14.1. The van der Waals surface area contributed by atoms with Crippen LogP contribution in [0.15, 0.2) is 18.2 Å². The van der Waals surface area contributed by atoms with Crippen molar-refractivity contribution < 1.29 is 0 Å². The van der Waals surface area contributed by atoms with Crippen molar-refractivity contribution in [2.75, 3.05) is 6.54 Å². The molecule has 0 aliphatic carbocycles. The van der Waals surface area contributed by atoms with Gasteiger partial charge in [-0.2, -0.15) is 0 Å². The van der Waals surface area contributed by atoms with E-state index in [2.05, 4.69) is 55.8 Å². The molecular formula is C16H25N3. The van der Waals surface area contributed by atoms with Crippen LogP contribution in [0.25, 0.3) is 11.0 Å². The first-order valence-corrected chi connectivity index (χ1v) is 7.37. The van der Waals surface area contributed by atoms with Gasteiger partial charge in [0, 0.05) is 25.6 Å². The lowest BCUT2D eigenvalue weighted by atomic mass is 10.1. The summed E-state index contributed by atoms with van der Waals surface area (Å²) in [6.45, 7) is 10.7. The molecule has 104 valence electrons. The minimum Gasteiger partial charge on any atom is -0.328 e. The third-order valence-electron chi connectivity index (χ3n) is 3.52. The van der Waals surface area contributed by atoms with E-state index in [1.54, 1.807) is 0 Å². The Morgan fingerprint density at radius 2 is 2.05 bits per heavy atom. The van der Waals surface area contributed by atoms with E-state index in [9.17, 15) is 0 Å². The number of hydrogen-bond acceptors (Lipinski definition) is 2. The highest BCUT2D eigenvalue weighted by Crippen LogP contribution is 2.18. The first-order chi connectivity index (χ1) is 9.15. The summed E-state index contributed by atoms with van der Waals surface area (Å²) in [4.78, 5) is 4.81. The van der Waals surface area contributed by atoms with E-state index in [-0.39, 0.29) is 0 Å². The maximum absolute atomic E-state index is 4.81. The number of benzene rings is 1. The SMILES string of the molecule is CCc1ccc2c(c1)nc(CCNC(C)C)n2CC. The fourth-order valence-electron chi connectivity index (χ4n) is 2.46. The molecule has 0 saturated carbocycles. The van der Waals surface area contributed by atoms with Gasteiger partial charge in [-0.05, 0) is 31.0 Å². The number of aromatic nitrogens is 2. The molecule has 0 radical (unpaired) electrons. The number of nitrogens with one attached hydrogen (secondary N) is 1. The highest BCUT2D eigenvalue weighted by molar-refractivity contribution is 5.77. The molecule has 3 nitrogen and oxygen atoms in total. The van der Waals surface area contributed by atoms with Crippen LogP contribution in [0.1, 0.15) is 39.1 Å². The molecule has 0 atom stereocenters. The topological polar surface area (TPSA) is 29.9 Å². The van der Waals surface area contributed by atoms with Crippen LogP contribution in [0.5, 0.6) is 0 Å². The van der Waals surface area contributed by atoms with Gasteiger partial charge in [-0.3, -0.25) is 0 Å². The maximum atomic E-state index is 4.81. The van der Waals surface area contributed by atoms with Gasteiger partial charge >= 0.3 is 0 Å². The fourth-order valence-corrected chi connectivity index (χ4v) is 2.46. The molecule has 0 bridgehead atoms. The number of rotatable bonds is 6. The number of hydrogen-bond donors (Lipinski definition) is 1. The Morgan fingerprint density at radius 1 is 1.26 bits per heavy atom. The fraction of sp³-hybridized carbons (Fsp3) is 0.562. The molecule has 3 heteroatoms. The molecule has 1 heterocycles. The Kier molecular flexibility index (Phi) is 4.59. The molecule has 2 rings (SSSR count). The zero-order chi connectivity index (χ0) is 13.8. The molecule has 1 aromatic carbocycles. The van der Waals surface area contributed by atoms with Gasteiger partial charge < -0.3 is 9.88 Å². The van der Waals surface area contributed by atoms with Gasteiger partial charge in [0.15, 0.2) is 0 Å². The summed E-state index contributed by atoms with van der Waals surface area (Å²) in [5.74, 6) is 1.19. The van der Waals surface area contributed by atoms with Crippen LogP contribution in [0, 0.1) is 0 Å². The predicted octanol–water partition coefficient (Wildman–Crippen LogP) is 3.16. The smallest absolute Gasteiger partial charge is 0.111 e. The zero-order valence-electron chi connectivity index (χ0n) is 12.5. The van der Waals surface area contributed by atoms with Crippen LogP contribution >= 0.6 is 0 Å². The maximum Gasteiger partial charge on any atom is 0.111 e. The van der Waals surface area contributed by atoms with Crippen molar-refractivity contribution in [2.45, 2.75) is 53.1 Å². The summed E-state index contributed by atoms with van der Waals surface area (Å²) >= 11 is 0. The van der Waals surface area contributed by atoms with E-state index in [1.807, 2.05) is 0 Å². The van der Waals surface area contributed by atoms with Crippen LogP contribution in [0.3, 0.4) is 0 Å². The third kappa shape index (κ3) is 3.16.